The summed E-state index contributed by atoms with van der Waals surface area (Å²) in [6.45, 7) is -0.204. The molecule has 0 aliphatic rings. The molecule has 6 heteroatoms. The number of nitrogens with one attached hydrogen (secondary N) is 2. The van der Waals surface area contributed by atoms with E-state index in [1.165, 1.54) is 24.4 Å². The van der Waals surface area contributed by atoms with Gasteiger partial charge in [0.05, 0.1) is 18.4 Å². The summed E-state index contributed by atoms with van der Waals surface area (Å²) in [5, 5.41) is 4.98. The molecule has 2 N–H and O–H groups in total. The summed E-state index contributed by atoms with van der Waals surface area (Å²) in [5.74, 6) is -1.40. The van der Waals surface area contributed by atoms with Crippen LogP contribution in [0.3, 0.4) is 0 Å². The third-order valence-corrected chi connectivity index (χ3v) is 2.44. The molecule has 2 rings (SSSR count). The number of hydrogen-bond donors (Lipinski definition) is 2. The first-order chi connectivity index (χ1) is 9.65. The molecule has 0 saturated carbocycles. The Morgan fingerprint density at radius 3 is 2.75 bits per heavy atom. The highest BCUT2D eigenvalue weighted by atomic mass is 19.1. The lowest BCUT2D eigenvalue weighted by Crippen LogP contribution is -2.32. The van der Waals surface area contributed by atoms with E-state index < -0.39 is 11.7 Å². The molecule has 0 atom stereocenters. The maximum absolute atomic E-state index is 12.9. The molecule has 20 heavy (non-hydrogen) atoms. The number of hydrogen-bond acceptors (Lipinski definition) is 3. The minimum absolute atomic E-state index is 0.166. The van der Waals surface area contributed by atoms with Crippen LogP contribution in [0, 0.1) is 5.82 Å². The molecule has 0 spiro atoms. The lowest BCUT2D eigenvalue weighted by atomic mass is 10.2. The second kappa shape index (κ2) is 6.42. The summed E-state index contributed by atoms with van der Waals surface area (Å²) in [6, 6.07) is 8.61. The number of benzene rings is 1. The molecule has 1 heterocycles. The number of aromatic nitrogens is 1. The molecule has 2 aromatic rings. The normalized spacial score (nSPS) is 9.85. The van der Waals surface area contributed by atoms with Gasteiger partial charge in [0.15, 0.2) is 0 Å². The Morgan fingerprint density at radius 1 is 1.20 bits per heavy atom. The zero-order valence-corrected chi connectivity index (χ0v) is 10.5. The average molecular weight is 273 g/mol. The highest BCUT2D eigenvalue weighted by Gasteiger charge is 2.08. The SMILES string of the molecule is O=C(CNC(=O)c1cccc(F)c1)Nc1cccnc1. The van der Waals surface area contributed by atoms with Crippen molar-refractivity contribution in [2.75, 3.05) is 11.9 Å². The molecular weight excluding hydrogens is 261 g/mol. The van der Waals surface area contributed by atoms with Crippen LogP contribution in [0.5, 0.6) is 0 Å². The fourth-order valence-corrected chi connectivity index (χ4v) is 1.53. The van der Waals surface area contributed by atoms with Crippen molar-refractivity contribution in [3.05, 3.63) is 60.2 Å². The zero-order valence-electron chi connectivity index (χ0n) is 10.5. The van der Waals surface area contributed by atoms with E-state index in [1.54, 1.807) is 18.3 Å². The minimum atomic E-state index is -0.508. The average Bonchev–Trinajstić information content (AvgIpc) is 2.46. The van der Waals surface area contributed by atoms with Crippen LogP contribution in [-0.2, 0) is 4.79 Å². The van der Waals surface area contributed by atoms with E-state index in [1.807, 2.05) is 0 Å². The van der Waals surface area contributed by atoms with Crippen LogP contribution in [0.2, 0.25) is 0 Å². The molecule has 2 amide bonds. The van der Waals surface area contributed by atoms with Crippen LogP contribution in [-0.4, -0.2) is 23.3 Å². The van der Waals surface area contributed by atoms with Crippen LogP contribution in [0.1, 0.15) is 10.4 Å². The van der Waals surface area contributed by atoms with E-state index in [0.717, 1.165) is 6.07 Å². The van der Waals surface area contributed by atoms with Crippen LogP contribution < -0.4 is 10.6 Å². The lowest BCUT2D eigenvalue weighted by Gasteiger charge is -2.06. The standard InChI is InChI=1S/C14H12FN3O2/c15-11-4-1-3-10(7-11)14(20)17-9-13(19)18-12-5-2-6-16-8-12/h1-8H,9H2,(H,17,20)(H,18,19). The molecule has 1 aromatic heterocycles. The summed E-state index contributed by atoms with van der Waals surface area (Å²) < 4.78 is 12.9. The van der Waals surface area contributed by atoms with Gasteiger partial charge in [0.2, 0.25) is 5.91 Å². The van der Waals surface area contributed by atoms with Gasteiger partial charge in [-0.15, -0.1) is 0 Å². The van der Waals surface area contributed by atoms with Gasteiger partial charge in [-0.25, -0.2) is 4.39 Å². The van der Waals surface area contributed by atoms with Crippen molar-refractivity contribution in [1.29, 1.82) is 0 Å². The fraction of sp³-hybridized carbons (Fsp3) is 0.0714. The molecule has 0 aliphatic heterocycles. The van der Waals surface area contributed by atoms with E-state index in [2.05, 4.69) is 15.6 Å². The number of nitrogens with zero attached hydrogens (tertiary/aromatic N) is 1. The smallest absolute Gasteiger partial charge is 0.251 e. The number of anilines is 1. The van der Waals surface area contributed by atoms with Crippen molar-refractivity contribution >= 4 is 17.5 Å². The van der Waals surface area contributed by atoms with Gasteiger partial charge in [-0.05, 0) is 30.3 Å². The first kappa shape index (κ1) is 13.7. The highest BCUT2D eigenvalue weighted by Crippen LogP contribution is 2.04. The molecule has 0 aliphatic carbocycles. The maximum atomic E-state index is 12.9. The topological polar surface area (TPSA) is 71.1 Å². The summed E-state index contributed by atoms with van der Waals surface area (Å²) >= 11 is 0. The summed E-state index contributed by atoms with van der Waals surface area (Å²) in [6.07, 6.45) is 3.08. The third-order valence-electron chi connectivity index (χ3n) is 2.44. The molecule has 0 radical (unpaired) electrons. The maximum Gasteiger partial charge on any atom is 0.251 e. The predicted octanol–water partition coefficient (Wildman–Crippen LogP) is 1.59. The van der Waals surface area contributed by atoms with Gasteiger partial charge in [0.1, 0.15) is 5.82 Å². The molecule has 0 unspecified atom stereocenters. The molecule has 102 valence electrons. The van der Waals surface area contributed by atoms with Crippen molar-refractivity contribution in [3.8, 4) is 0 Å². The van der Waals surface area contributed by atoms with Gasteiger partial charge in [0.25, 0.3) is 5.91 Å². The van der Waals surface area contributed by atoms with Gasteiger partial charge < -0.3 is 10.6 Å². The van der Waals surface area contributed by atoms with Crippen molar-refractivity contribution in [2.45, 2.75) is 0 Å². The molecule has 0 bridgehead atoms. The monoisotopic (exact) mass is 273 g/mol. The van der Waals surface area contributed by atoms with Gasteiger partial charge >= 0.3 is 0 Å². The summed E-state index contributed by atoms with van der Waals surface area (Å²) in [4.78, 5) is 27.1. The highest BCUT2D eigenvalue weighted by molar-refractivity contribution is 5.99. The number of carbonyl (C=O) groups excluding carboxylic acids is 2. The fourth-order valence-electron chi connectivity index (χ4n) is 1.53. The van der Waals surface area contributed by atoms with Crippen LogP contribution in [0.15, 0.2) is 48.8 Å². The minimum Gasteiger partial charge on any atom is -0.343 e. The van der Waals surface area contributed by atoms with E-state index in [4.69, 9.17) is 0 Å². The summed E-state index contributed by atoms with van der Waals surface area (Å²) in [5.41, 5.74) is 0.705. The van der Waals surface area contributed by atoms with Crippen LogP contribution in [0.4, 0.5) is 10.1 Å². The lowest BCUT2D eigenvalue weighted by molar-refractivity contribution is -0.115. The molecular formula is C14H12FN3O2. The van der Waals surface area contributed by atoms with E-state index in [9.17, 15) is 14.0 Å². The Labute approximate surface area is 114 Å². The Morgan fingerprint density at radius 2 is 2.05 bits per heavy atom. The van der Waals surface area contributed by atoms with Crippen LogP contribution in [0.25, 0.3) is 0 Å². The molecule has 5 nitrogen and oxygen atoms in total. The zero-order chi connectivity index (χ0) is 14.4. The van der Waals surface area contributed by atoms with Crippen molar-refractivity contribution in [1.82, 2.24) is 10.3 Å². The van der Waals surface area contributed by atoms with Gasteiger partial charge in [-0.1, -0.05) is 6.07 Å². The molecule has 0 fully saturated rings. The largest absolute Gasteiger partial charge is 0.343 e. The van der Waals surface area contributed by atoms with Crippen molar-refractivity contribution < 1.29 is 14.0 Å². The Bertz CT molecular complexity index is 617. The van der Waals surface area contributed by atoms with E-state index in [-0.39, 0.29) is 18.0 Å². The quantitative estimate of drug-likeness (QED) is 0.888. The summed E-state index contributed by atoms with van der Waals surface area (Å²) in [7, 11) is 0. The van der Waals surface area contributed by atoms with E-state index in [0.29, 0.717) is 5.69 Å². The molecule has 0 saturated heterocycles. The molecule has 1 aromatic carbocycles. The third kappa shape index (κ3) is 3.88. The number of halogens is 1. The Hall–Kier alpha value is -2.76. The van der Waals surface area contributed by atoms with Gasteiger partial charge in [-0.2, -0.15) is 0 Å². The second-order valence-corrected chi connectivity index (χ2v) is 3.98. The second-order valence-electron chi connectivity index (χ2n) is 3.98. The van der Waals surface area contributed by atoms with Gasteiger partial charge in [-0.3, -0.25) is 14.6 Å². The number of carbonyl (C=O) groups is 2. The van der Waals surface area contributed by atoms with Crippen molar-refractivity contribution in [3.63, 3.8) is 0 Å². The Kier molecular flexibility index (Phi) is 4.39. The number of rotatable bonds is 4. The first-order valence-corrected chi connectivity index (χ1v) is 5.89. The number of pyridine rings is 1. The van der Waals surface area contributed by atoms with Gasteiger partial charge in [0, 0.05) is 11.8 Å². The van der Waals surface area contributed by atoms with Crippen LogP contribution >= 0.6 is 0 Å². The van der Waals surface area contributed by atoms with E-state index >= 15 is 0 Å². The Balaban J connectivity index is 1.86. The predicted molar refractivity (Wildman–Crippen MR) is 71.6 cm³/mol. The number of amides is 2. The first-order valence-electron chi connectivity index (χ1n) is 5.89. The van der Waals surface area contributed by atoms with Crippen molar-refractivity contribution in [2.24, 2.45) is 0 Å².